The molecule has 116 valence electrons. The zero-order valence-electron chi connectivity index (χ0n) is 13.0. The van der Waals surface area contributed by atoms with Crippen molar-refractivity contribution in [3.8, 4) is 5.75 Å². The summed E-state index contributed by atoms with van der Waals surface area (Å²) in [5.41, 5.74) is 6.03. The molecule has 1 unspecified atom stereocenters. The van der Waals surface area contributed by atoms with E-state index in [-0.39, 0.29) is 12.2 Å². The normalized spacial score (nSPS) is 19.2. The van der Waals surface area contributed by atoms with Gasteiger partial charge < -0.3 is 20.1 Å². The standard InChI is InChI=1S/C16H24N2O3/c1-16(2,3)21-15(19)18-10-6-7-12(11-18)20-14-9-5-4-8-13(14)17/h4-5,8-9,12H,6-7,10-11,17H2,1-3H3. The van der Waals surface area contributed by atoms with E-state index in [0.717, 1.165) is 12.8 Å². The van der Waals surface area contributed by atoms with E-state index in [4.69, 9.17) is 15.2 Å². The smallest absolute Gasteiger partial charge is 0.410 e. The van der Waals surface area contributed by atoms with E-state index in [1.54, 1.807) is 4.90 Å². The molecule has 21 heavy (non-hydrogen) atoms. The number of ether oxygens (including phenoxy) is 2. The van der Waals surface area contributed by atoms with Crippen LogP contribution in [-0.2, 0) is 4.74 Å². The van der Waals surface area contributed by atoms with Crippen LogP contribution in [-0.4, -0.2) is 35.8 Å². The molecular weight excluding hydrogens is 268 g/mol. The summed E-state index contributed by atoms with van der Waals surface area (Å²) < 4.78 is 11.3. The van der Waals surface area contributed by atoms with Crippen LogP contribution in [0, 0.1) is 0 Å². The van der Waals surface area contributed by atoms with Crippen LogP contribution in [0.1, 0.15) is 33.6 Å². The third-order valence-electron chi connectivity index (χ3n) is 3.24. The summed E-state index contributed by atoms with van der Waals surface area (Å²) in [6.45, 7) is 6.84. The maximum absolute atomic E-state index is 12.1. The van der Waals surface area contributed by atoms with Crippen molar-refractivity contribution in [2.45, 2.75) is 45.3 Å². The molecule has 0 spiro atoms. The zero-order valence-corrected chi connectivity index (χ0v) is 13.0. The topological polar surface area (TPSA) is 64.8 Å². The highest BCUT2D eigenvalue weighted by molar-refractivity contribution is 5.68. The maximum Gasteiger partial charge on any atom is 0.410 e. The molecule has 1 amide bonds. The number of rotatable bonds is 2. The Morgan fingerprint density at radius 2 is 2.05 bits per heavy atom. The Morgan fingerprint density at radius 1 is 1.33 bits per heavy atom. The summed E-state index contributed by atoms with van der Waals surface area (Å²) in [6, 6.07) is 7.42. The lowest BCUT2D eigenvalue weighted by Crippen LogP contribution is -2.46. The van der Waals surface area contributed by atoms with Gasteiger partial charge in [0.15, 0.2) is 0 Å². The Balaban J connectivity index is 1.95. The number of nitrogens with zero attached hydrogens (tertiary/aromatic N) is 1. The molecule has 5 heteroatoms. The number of hydrogen-bond donors (Lipinski definition) is 1. The molecule has 1 aromatic rings. The third-order valence-corrected chi connectivity index (χ3v) is 3.24. The van der Waals surface area contributed by atoms with E-state index in [0.29, 0.717) is 24.5 Å². The van der Waals surface area contributed by atoms with Crippen molar-refractivity contribution in [1.82, 2.24) is 4.90 Å². The molecule has 1 fully saturated rings. The molecule has 1 heterocycles. The third kappa shape index (κ3) is 4.55. The van der Waals surface area contributed by atoms with Gasteiger partial charge in [0.25, 0.3) is 0 Å². The summed E-state index contributed by atoms with van der Waals surface area (Å²) in [5, 5.41) is 0. The average Bonchev–Trinajstić information content (AvgIpc) is 2.40. The van der Waals surface area contributed by atoms with Gasteiger partial charge in [-0.1, -0.05) is 12.1 Å². The predicted octanol–water partition coefficient (Wildman–Crippen LogP) is 3.05. The van der Waals surface area contributed by atoms with Crippen molar-refractivity contribution in [1.29, 1.82) is 0 Å². The van der Waals surface area contributed by atoms with E-state index in [1.807, 2.05) is 45.0 Å². The first kappa shape index (κ1) is 15.5. The first-order valence-corrected chi connectivity index (χ1v) is 7.34. The largest absolute Gasteiger partial charge is 0.486 e. The first-order chi connectivity index (χ1) is 9.85. The number of nitrogens with two attached hydrogens (primary N) is 1. The van der Waals surface area contributed by atoms with E-state index in [9.17, 15) is 4.79 Å². The molecule has 2 rings (SSSR count). The summed E-state index contributed by atoms with van der Waals surface area (Å²) in [6.07, 6.45) is 1.48. The fourth-order valence-electron chi connectivity index (χ4n) is 2.29. The number of para-hydroxylation sites is 2. The summed E-state index contributed by atoms with van der Waals surface area (Å²) in [4.78, 5) is 13.8. The van der Waals surface area contributed by atoms with Crippen LogP contribution in [0.4, 0.5) is 10.5 Å². The van der Waals surface area contributed by atoms with Crippen LogP contribution < -0.4 is 10.5 Å². The molecular formula is C16H24N2O3. The fourth-order valence-corrected chi connectivity index (χ4v) is 2.29. The van der Waals surface area contributed by atoms with Gasteiger partial charge >= 0.3 is 6.09 Å². The van der Waals surface area contributed by atoms with Crippen molar-refractivity contribution in [3.63, 3.8) is 0 Å². The second kappa shape index (κ2) is 6.24. The van der Waals surface area contributed by atoms with Crippen molar-refractivity contribution >= 4 is 11.8 Å². The minimum absolute atomic E-state index is 0.0454. The number of piperidine rings is 1. The second-order valence-corrected chi connectivity index (χ2v) is 6.35. The lowest BCUT2D eigenvalue weighted by molar-refractivity contribution is 0.00786. The highest BCUT2D eigenvalue weighted by Crippen LogP contribution is 2.24. The minimum atomic E-state index is -0.477. The lowest BCUT2D eigenvalue weighted by atomic mass is 10.1. The van der Waals surface area contributed by atoms with Gasteiger partial charge in [-0.25, -0.2) is 4.79 Å². The average molecular weight is 292 g/mol. The quantitative estimate of drug-likeness (QED) is 0.851. The van der Waals surface area contributed by atoms with Crippen molar-refractivity contribution in [3.05, 3.63) is 24.3 Å². The van der Waals surface area contributed by atoms with Crippen molar-refractivity contribution < 1.29 is 14.3 Å². The molecule has 2 N–H and O–H groups in total. The molecule has 1 saturated heterocycles. The fraction of sp³-hybridized carbons (Fsp3) is 0.562. The molecule has 1 aliphatic heterocycles. The number of benzene rings is 1. The zero-order chi connectivity index (χ0) is 15.5. The summed E-state index contributed by atoms with van der Waals surface area (Å²) in [5.74, 6) is 0.675. The number of hydrogen-bond acceptors (Lipinski definition) is 4. The monoisotopic (exact) mass is 292 g/mol. The van der Waals surface area contributed by atoms with Gasteiger partial charge in [-0.15, -0.1) is 0 Å². The van der Waals surface area contributed by atoms with Gasteiger partial charge in [0.1, 0.15) is 17.5 Å². The Bertz CT molecular complexity index is 497. The van der Waals surface area contributed by atoms with Gasteiger partial charge in [-0.05, 0) is 45.7 Å². The van der Waals surface area contributed by atoms with Crippen molar-refractivity contribution in [2.75, 3.05) is 18.8 Å². The van der Waals surface area contributed by atoms with Crippen LogP contribution in [0.15, 0.2) is 24.3 Å². The Hall–Kier alpha value is -1.91. The predicted molar refractivity (Wildman–Crippen MR) is 82.3 cm³/mol. The molecule has 0 aromatic heterocycles. The van der Waals surface area contributed by atoms with Gasteiger partial charge in [0.2, 0.25) is 0 Å². The van der Waals surface area contributed by atoms with Gasteiger partial charge in [0, 0.05) is 6.54 Å². The van der Waals surface area contributed by atoms with Gasteiger partial charge in [-0.3, -0.25) is 0 Å². The van der Waals surface area contributed by atoms with Crippen LogP contribution in [0.3, 0.4) is 0 Å². The van der Waals surface area contributed by atoms with Crippen LogP contribution in [0.5, 0.6) is 5.75 Å². The Morgan fingerprint density at radius 3 is 2.71 bits per heavy atom. The lowest BCUT2D eigenvalue weighted by Gasteiger charge is -2.34. The molecule has 1 aromatic carbocycles. The number of nitrogen functional groups attached to an aromatic ring is 1. The summed E-state index contributed by atoms with van der Waals surface area (Å²) in [7, 11) is 0. The molecule has 5 nitrogen and oxygen atoms in total. The number of likely N-dealkylation sites (tertiary alicyclic amines) is 1. The van der Waals surface area contributed by atoms with E-state index in [1.165, 1.54) is 0 Å². The van der Waals surface area contributed by atoms with Crippen molar-refractivity contribution in [2.24, 2.45) is 0 Å². The Kier molecular flexibility index (Phi) is 4.60. The highest BCUT2D eigenvalue weighted by atomic mass is 16.6. The van der Waals surface area contributed by atoms with Gasteiger partial charge in [0.05, 0.1) is 12.2 Å². The maximum atomic E-state index is 12.1. The van der Waals surface area contributed by atoms with Gasteiger partial charge in [-0.2, -0.15) is 0 Å². The SMILES string of the molecule is CC(C)(C)OC(=O)N1CCCC(Oc2ccccc2N)C1. The highest BCUT2D eigenvalue weighted by Gasteiger charge is 2.28. The molecule has 0 radical (unpaired) electrons. The van der Waals surface area contributed by atoms with E-state index in [2.05, 4.69) is 0 Å². The molecule has 0 aliphatic carbocycles. The number of amides is 1. The summed E-state index contributed by atoms with van der Waals surface area (Å²) >= 11 is 0. The first-order valence-electron chi connectivity index (χ1n) is 7.34. The van der Waals surface area contributed by atoms with Crippen LogP contribution in [0.2, 0.25) is 0 Å². The number of carbonyl (C=O) groups is 1. The number of anilines is 1. The molecule has 0 saturated carbocycles. The van der Waals surface area contributed by atoms with E-state index < -0.39 is 5.60 Å². The van der Waals surface area contributed by atoms with E-state index >= 15 is 0 Å². The second-order valence-electron chi connectivity index (χ2n) is 6.35. The number of carbonyl (C=O) groups excluding carboxylic acids is 1. The molecule has 1 atom stereocenters. The minimum Gasteiger partial charge on any atom is -0.486 e. The van der Waals surface area contributed by atoms with Crippen LogP contribution >= 0.6 is 0 Å². The molecule has 1 aliphatic rings. The van der Waals surface area contributed by atoms with Crippen LogP contribution in [0.25, 0.3) is 0 Å². The molecule has 0 bridgehead atoms. The Labute approximate surface area is 126 Å².